The van der Waals surface area contributed by atoms with Crippen LogP contribution in [0.2, 0.25) is 5.15 Å². The van der Waals surface area contributed by atoms with E-state index in [0.717, 1.165) is 56.3 Å². The summed E-state index contributed by atoms with van der Waals surface area (Å²) in [6.45, 7) is 0.275. The lowest BCUT2D eigenvalue weighted by Crippen LogP contribution is -2.42. The number of anilines is 3. The number of carbonyl (C=O) groups is 2. The zero-order chi connectivity index (χ0) is 24.9. The van der Waals surface area contributed by atoms with Crippen LogP contribution in [0.5, 0.6) is 0 Å². The summed E-state index contributed by atoms with van der Waals surface area (Å²) < 4.78 is 0. The number of amides is 2. The van der Waals surface area contributed by atoms with Crippen LogP contribution in [0, 0.1) is 5.41 Å². The average molecular weight is 493 g/mol. The Balaban J connectivity index is 1.55. The molecule has 0 spiro atoms. The van der Waals surface area contributed by atoms with E-state index >= 15 is 0 Å². The average Bonchev–Trinajstić information content (AvgIpc) is 3.29. The van der Waals surface area contributed by atoms with Crippen molar-refractivity contribution < 1.29 is 9.59 Å². The summed E-state index contributed by atoms with van der Waals surface area (Å²) >= 11 is 5.84. The lowest BCUT2D eigenvalue weighted by Gasteiger charge is -2.20. The van der Waals surface area contributed by atoms with Crippen LogP contribution < -0.4 is 22.5 Å². The van der Waals surface area contributed by atoms with Crippen LogP contribution in [0.1, 0.15) is 74.7 Å². The molecule has 0 aliphatic heterocycles. The number of unbranched alkanes of at least 4 members (excludes halogenated alkanes) is 8. The number of hydrogen-bond donors (Lipinski definition) is 6. The zero-order valence-corrected chi connectivity index (χ0v) is 19.9. The number of aromatic nitrogens is 4. The van der Waals surface area contributed by atoms with Crippen LogP contribution in [0.3, 0.4) is 0 Å². The van der Waals surface area contributed by atoms with E-state index in [1.807, 2.05) is 0 Å². The molecule has 34 heavy (non-hydrogen) atoms. The molecule has 2 amide bonds. The smallest absolute Gasteiger partial charge is 0.283 e. The summed E-state index contributed by atoms with van der Waals surface area (Å²) in [7, 11) is 0. The van der Waals surface area contributed by atoms with Crippen molar-refractivity contribution in [1.29, 1.82) is 5.41 Å². The fraction of sp³-hybridized carbons (Fsp3) is 0.524. The predicted octanol–water partition coefficient (Wildman–Crippen LogP) is 2.89. The summed E-state index contributed by atoms with van der Waals surface area (Å²) in [4.78, 5) is 40.0. The summed E-state index contributed by atoms with van der Waals surface area (Å²) in [5, 5.41) is 10.3. The number of guanidine groups is 1. The van der Waals surface area contributed by atoms with Crippen molar-refractivity contribution in [1.82, 2.24) is 24.8 Å². The maximum Gasteiger partial charge on any atom is 0.283 e. The van der Waals surface area contributed by atoms with Crippen molar-refractivity contribution in [2.45, 2.75) is 64.2 Å². The van der Waals surface area contributed by atoms with Gasteiger partial charge in [0.15, 0.2) is 28.4 Å². The number of nitrogen functional groups attached to an aromatic ring is 2. The molecule has 12 nitrogen and oxygen atoms in total. The van der Waals surface area contributed by atoms with E-state index in [9.17, 15) is 9.59 Å². The number of aromatic amines is 1. The van der Waals surface area contributed by atoms with Crippen LogP contribution in [0.4, 0.5) is 17.6 Å². The minimum atomic E-state index is -0.628. The fourth-order valence-electron chi connectivity index (χ4n) is 3.38. The molecule has 2 aromatic rings. The lowest BCUT2D eigenvalue weighted by molar-refractivity contribution is -0.116. The number of halogens is 1. The van der Waals surface area contributed by atoms with Gasteiger partial charge in [0.2, 0.25) is 11.9 Å². The molecule has 0 aliphatic rings. The number of nitrogens with one attached hydrogen (secondary N) is 3. The summed E-state index contributed by atoms with van der Waals surface area (Å²) in [6, 6.07) is 0. The molecule has 0 fully saturated rings. The first-order chi connectivity index (χ1) is 16.3. The highest BCUT2D eigenvalue weighted by Gasteiger charge is 2.23. The maximum absolute atomic E-state index is 12.7. The minimum absolute atomic E-state index is 0.0257. The molecule has 9 N–H and O–H groups in total. The molecule has 186 valence electrons. The zero-order valence-electron chi connectivity index (χ0n) is 19.1. The largest absolute Gasteiger partial charge is 0.382 e. The number of imidazole rings is 1. The van der Waals surface area contributed by atoms with Crippen LogP contribution in [-0.4, -0.2) is 49.2 Å². The minimum Gasteiger partial charge on any atom is -0.382 e. The number of rotatable bonds is 14. The second kappa shape index (κ2) is 14.0. The molecule has 0 unspecified atom stereocenters. The first-order valence-corrected chi connectivity index (χ1v) is 11.7. The predicted molar refractivity (Wildman–Crippen MR) is 132 cm³/mol. The van der Waals surface area contributed by atoms with Gasteiger partial charge in [-0.2, -0.15) is 0 Å². The molecule has 2 heterocycles. The van der Waals surface area contributed by atoms with Crippen molar-refractivity contribution in [2.75, 3.05) is 23.3 Å². The van der Waals surface area contributed by atoms with Gasteiger partial charge in [0, 0.05) is 25.4 Å². The normalized spacial score (nSPS) is 10.7. The molecule has 2 aromatic heterocycles. The Bertz CT molecular complexity index is 951. The Kier molecular flexibility index (Phi) is 11.0. The van der Waals surface area contributed by atoms with Gasteiger partial charge in [-0.3, -0.25) is 25.2 Å². The molecular weight excluding hydrogens is 460 g/mol. The van der Waals surface area contributed by atoms with Crippen molar-refractivity contribution in [3.05, 3.63) is 23.2 Å². The van der Waals surface area contributed by atoms with Crippen molar-refractivity contribution >= 4 is 47.0 Å². The first-order valence-electron chi connectivity index (χ1n) is 11.3. The molecule has 0 aromatic carbocycles. The molecule has 0 saturated heterocycles. The van der Waals surface area contributed by atoms with Crippen LogP contribution >= 0.6 is 11.6 Å². The molecule has 2 rings (SSSR count). The summed E-state index contributed by atoms with van der Waals surface area (Å²) in [5.74, 6) is -0.790. The second-order valence-electron chi connectivity index (χ2n) is 7.89. The third-order valence-corrected chi connectivity index (χ3v) is 5.46. The van der Waals surface area contributed by atoms with E-state index in [1.165, 1.54) is 0 Å². The molecule has 13 heteroatoms. The first kappa shape index (κ1) is 26.8. The van der Waals surface area contributed by atoms with Crippen molar-refractivity contribution in [2.24, 2.45) is 5.73 Å². The lowest BCUT2D eigenvalue weighted by atomic mass is 10.1. The highest BCUT2D eigenvalue weighted by atomic mass is 35.5. The van der Waals surface area contributed by atoms with Crippen LogP contribution in [-0.2, 0) is 4.79 Å². The molecule has 0 saturated carbocycles. The summed E-state index contributed by atoms with van der Waals surface area (Å²) in [5.41, 5.74) is 16.7. The third-order valence-electron chi connectivity index (χ3n) is 5.18. The standard InChI is InChI=1S/C21H33ClN10O2/c22-16-18(24)31-17(23)15(30-16)19(34)32(20(25)26)13-9-7-5-3-1-2-4-6-8-10-14(33)29-21-27-11-12-28-21/h11-12H,1-10,13H2,(H3,25,26)(H4,23,24,31)(H2,27,28,29,33). The highest BCUT2D eigenvalue weighted by Crippen LogP contribution is 2.19. The number of carbonyl (C=O) groups excluding carboxylic acids is 2. The molecule has 0 atom stereocenters. The van der Waals surface area contributed by atoms with Gasteiger partial charge < -0.3 is 22.2 Å². The Morgan fingerprint density at radius 2 is 1.62 bits per heavy atom. The van der Waals surface area contributed by atoms with Gasteiger partial charge in [-0.05, 0) is 12.8 Å². The Morgan fingerprint density at radius 3 is 2.21 bits per heavy atom. The van der Waals surface area contributed by atoms with Gasteiger partial charge in [-0.15, -0.1) is 0 Å². The van der Waals surface area contributed by atoms with Gasteiger partial charge in [0.05, 0.1) is 0 Å². The Hall–Kier alpha value is -3.41. The fourth-order valence-corrected chi connectivity index (χ4v) is 3.51. The van der Waals surface area contributed by atoms with E-state index in [1.54, 1.807) is 12.4 Å². The van der Waals surface area contributed by atoms with Gasteiger partial charge in [0.1, 0.15) is 0 Å². The molecule has 0 aliphatic carbocycles. The molecular formula is C21H33ClN10O2. The molecule has 0 radical (unpaired) electrons. The highest BCUT2D eigenvalue weighted by molar-refractivity contribution is 6.31. The van der Waals surface area contributed by atoms with Crippen molar-refractivity contribution in [3.63, 3.8) is 0 Å². The number of nitrogens with zero attached hydrogens (tertiary/aromatic N) is 4. The molecule has 0 bridgehead atoms. The van der Waals surface area contributed by atoms with E-state index in [-0.39, 0.29) is 34.9 Å². The van der Waals surface area contributed by atoms with Gasteiger partial charge in [-0.25, -0.2) is 15.0 Å². The second-order valence-corrected chi connectivity index (χ2v) is 8.25. The quantitative estimate of drug-likeness (QED) is 0.131. The van der Waals surface area contributed by atoms with E-state index in [0.29, 0.717) is 18.8 Å². The SMILES string of the molecule is N=C(N)N(CCCCCCCCCCCC(=O)Nc1ncc[nH]1)C(=O)c1nc(Cl)c(N)nc1N. The van der Waals surface area contributed by atoms with Crippen molar-refractivity contribution in [3.8, 4) is 0 Å². The Labute approximate surface area is 203 Å². The van der Waals surface area contributed by atoms with Gasteiger partial charge >= 0.3 is 0 Å². The maximum atomic E-state index is 12.7. The van der Waals surface area contributed by atoms with Crippen LogP contribution in [0.25, 0.3) is 0 Å². The Morgan fingerprint density at radius 1 is 1.00 bits per heavy atom. The monoisotopic (exact) mass is 492 g/mol. The van der Waals surface area contributed by atoms with E-state index < -0.39 is 11.9 Å². The number of hydrogen-bond acceptors (Lipinski definition) is 8. The number of nitrogens with two attached hydrogens (primary N) is 3. The summed E-state index contributed by atoms with van der Waals surface area (Å²) in [6.07, 6.45) is 12.6. The van der Waals surface area contributed by atoms with E-state index in [4.69, 9.17) is 34.2 Å². The number of H-pyrrole nitrogens is 1. The van der Waals surface area contributed by atoms with Gasteiger partial charge in [0.25, 0.3) is 5.91 Å². The van der Waals surface area contributed by atoms with Crippen LogP contribution in [0.15, 0.2) is 12.4 Å². The van der Waals surface area contributed by atoms with Gasteiger partial charge in [-0.1, -0.05) is 56.5 Å². The topological polar surface area (TPSA) is 206 Å². The third kappa shape index (κ3) is 8.85. The van der Waals surface area contributed by atoms with E-state index in [2.05, 4.69) is 25.3 Å².